The number of nitrogens with zero attached hydrogens (tertiary/aromatic N) is 4. The highest BCUT2D eigenvalue weighted by Gasteiger charge is 2.47. The maximum atomic E-state index is 2.68. The number of benzene rings is 16. The molecule has 0 aromatic heterocycles. The van der Waals surface area contributed by atoms with Gasteiger partial charge in [-0.1, -0.05) is 314 Å². The van der Waals surface area contributed by atoms with Crippen molar-refractivity contribution in [2.75, 3.05) is 19.6 Å². The van der Waals surface area contributed by atoms with Crippen LogP contribution < -0.4 is 52.4 Å². The zero-order valence-corrected chi connectivity index (χ0v) is 59.3. The third-order valence-corrected chi connectivity index (χ3v) is 23.7. The number of fused-ring (bicyclic) bond motifs is 8. The number of aryl methyl sites for hydroxylation is 1. The lowest BCUT2D eigenvalue weighted by Gasteiger charge is -2.44. The fraction of sp³-hybridized carbons (Fsp3) is 0.0103. The molecule has 4 heterocycles. The molecule has 0 atom stereocenters. The van der Waals surface area contributed by atoms with Crippen LogP contribution in [0.15, 0.2) is 402 Å². The van der Waals surface area contributed by atoms with E-state index in [-0.39, 0.29) is 13.4 Å². The van der Waals surface area contributed by atoms with Crippen LogP contribution in [0.2, 0.25) is 0 Å². The quantitative estimate of drug-likeness (QED) is 0.106. The lowest BCUT2D eigenvalue weighted by Crippen LogP contribution is -2.64. The SMILES string of the molecule is Cc1cccc(-c2ccccc2)c1N1c2cc3c(cc2B2c4ccccc4Sc4cc(N(c5ccc(-c6ccccc6)cc5)c5ccc(-c6ccccc6)cc5)cc1c42)B1c2ccccc2N(c2ccccc2)c2cc(N(c4ccc(-c5ccccc5)cc4)c4ccc(-c5ccccc5)cc4)cc(c21)S3. The summed E-state index contributed by atoms with van der Waals surface area (Å²) in [7, 11) is 0. The highest BCUT2D eigenvalue weighted by Crippen LogP contribution is 2.53. The van der Waals surface area contributed by atoms with Gasteiger partial charge >= 0.3 is 0 Å². The first kappa shape index (κ1) is 62.3. The first-order valence-electron chi connectivity index (χ1n) is 36.1. The second-order valence-electron chi connectivity index (χ2n) is 27.5. The van der Waals surface area contributed by atoms with Gasteiger partial charge in [0.05, 0.1) is 5.69 Å². The van der Waals surface area contributed by atoms with E-state index < -0.39 is 0 Å². The van der Waals surface area contributed by atoms with E-state index in [4.69, 9.17) is 0 Å². The first-order valence-corrected chi connectivity index (χ1v) is 37.7. The molecule has 0 bridgehead atoms. The summed E-state index contributed by atoms with van der Waals surface area (Å²) in [6.07, 6.45) is 0. The highest BCUT2D eigenvalue weighted by atomic mass is 32.2. The fourth-order valence-electron chi connectivity index (χ4n) is 16.6. The first-order chi connectivity index (χ1) is 52.0. The molecule has 4 nitrogen and oxygen atoms in total. The summed E-state index contributed by atoms with van der Waals surface area (Å²) in [4.78, 5) is 15.1. The van der Waals surface area contributed by atoms with Crippen molar-refractivity contribution in [1.29, 1.82) is 0 Å². The van der Waals surface area contributed by atoms with Gasteiger partial charge in [0.2, 0.25) is 13.4 Å². The molecule has 20 rings (SSSR count). The van der Waals surface area contributed by atoms with E-state index in [0.29, 0.717) is 0 Å². The molecule has 4 aliphatic rings. The van der Waals surface area contributed by atoms with Crippen LogP contribution >= 0.6 is 23.5 Å². The summed E-state index contributed by atoms with van der Waals surface area (Å²) in [6, 6.07) is 142. The van der Waals surface area contributed by atoms with Crippen molar-refractivity contribution in [1.82, 2.24) is 0 Å². The number of para-hydroxylation sites is 3. The number of anilines is 12. The molecule has 0 radical (unpaired) electrons. The Labute approximate surface area is 623 Å². The second-order valence-corrected chi connectivity index (χ2v) is 29.7. The van der Waals surface area contributed by atoms with Gasteiger partial charge in [-0.3, -0.25) is 0 Å². The normalized spacial score (nSPS) is 12.7. The average Bonchev–Trinajstić information content (AvgIpc) is 0.690. The van der Waals surface area contributed by atoms with Gasteiger partial charge in [0.15, 0.2) is 0 Å². The van der Waals surface area contributed by atoms with Crippen LogP contribution in [0.5, 0.6) is 0 Å². The zero-order chi connectivity index (χ0) is 69.5. The molecule has 16 aromatic carbocycles. The van der Waals surface area contributed by atoms with E-state index in [0.717, 1.165) is 45.5 Å². The Morgan fingerprint density at radius 2 is 0.619 bits per heavy atom. The van der Waals surface area contributed by atoms with Crippen LogP contribution in [0.4, 0.5) is 68.2 Å². The predicted molar refractivity (Wildman–Crippen MR) is 448 cm³/mol. The Morgan fingerprint density at radius 3 is 1.10 bits per heavy atom. The third-order valence-electron chi connectivity index (χ3n) is 21.5. The van der Waals surface area contributed by atoms with Gasteiger partial charge < -0.3 is 19.6 Å². The fourth-order valence-corrected chi connectivity index (χ4v) is 19.1. The van der Waals surface area contributed by atoms with Gasteiger partial charge in [-0.05, 0) is 188 Å². The topological polar surface area (TPSA) is 13.0 Å². The minimum Gasteiger partial charge on any atom is -0.311 e. The molecule has 8 heteroatoms. The molecule has 0 aliphatic carbocycles. The van der Waals surface area contributed by atoms with E-state index in [2.05, 4.69) is 409 Å². The summed E-state index contributed by atoms with van der Waals surface area (Å²) < 4.78 is 0. The molecule has 0 unspecified atom stereocenters. The van der Waals surface area contributed by atoms with Crippen molar-refractivity contribution < 1.29 is 0 Å². The Morgan fingerprint density at radius 1 is 0.238 bits per heavy atom. The van der Waals surface area contributed by atoms with Gasteiger partial charge in [0, 0.05) is 87.7 Å². The minimum absolute atomic E-state index is 0.103. The molecule has 0 spiro atoms. The van der Waals surface area contributed by atoms with Crippen molar-refractivity contribution in [2.24, 2.45) is 0 Å². The van der Waals surface area contributed by atoms with Crippen molar-refractivity contribution in [2.45, 2.75) is 26.5 Å². The largest absolute Gasteiger partial charge is 0.311 e. The van der Waals surface area contributed by atoms with Crippen molar-refractivity contribution in [3.8, 4) is 55.6 Å². The standard InChI is InChI=1S/C97H66B2N4S2/c1-65-25-24-38-82(74-34-16-6-17-35-74)97(65)103-88-64-92-86(63-85(88)99-84-40-21-23-42-91(84)104-93-61-81(60-90(103)96(93)99)101(78-55-47-72(48-56-78)68-30-12-4-13-31-68)79-57-49-73(50-58-79)69-32-14-5-15-33-69)98-83-39-20-22-41-87(83)102(75-36-18-7-19-37-75)89-59-80(62-94(105-92)95(89)98)100(76-51-43-70(44-52-76)66-26-8-2-9-27-66)77-53-45-71(46-54-77)67-28-10-3-11-29-67/h2-64H,1H3. The maximum absolute atomic E-state index is 2.68. The smallest absolute Gasteiger partial charge is 0.249 e. The molecule has 4 aliphatic heterocycles. The lowest BCUT2D eigenvalue weighted by atomic mass is 9.31. The van der Waals surface area contributed by atoms with Crippen LogP contribution in [0.25, 0.3) is 55.6 Å². The lowest BCUT2D eigenvalue weighted by molar-refractivity contribution is 1.21. The van der Waals surface area contributed by atoms with Crippen molar-refractivity contribution in [3.05, 3.63) is 388 Å². The Kier molecular flexibility index (Phi) is 15.5. The average molecular weight is 1370 g/mol. The summed E-state index contributed by atoms with van der Waals surface area (Å²) in [5, 5.41) is 0. The zero-order valence-electron chi connectivity index (χ0n) is 57.6. The molecule has 0 amide bonds. The Hall–Kier alpha value is -12.5. The van der Waals surface area contributed by atoms with Crippen LogP contribution in [-0.4, -0.2) is 13.4 Å². The number of rotatable bonds is 13. The molecule has 0 fully saturated rings. The van der Waals surface area contributed by atoms with Gasteiger partial charge in [0.1, 0.15) is 0 Å². The van der Waals surface area contributed by atoms with Crippen LogP contribution in [-0.2, 0) is 0 Å². The summed E-state index contributed by atoms with van der Waals surface area (Å²) in [6.45, 7) is 2.10. The van der Waals surface area contributed by atoms with E-state index in [1.54, 1.807) is 0 Å². The Bertz CT molecular complexity index is 5810. The highest BCUT2D eigenvalue weighted by molar-refractivity contribution is 8.00. The molecule has 105 heavy (non-hydrogen) atoms. The molecule has 0 N–H and O–H groups in total. The molecule has 0 saturated carbocycles. The summed E-state index contributed by atoms with van der Waals surface area (Å²) >= 11 is 3.82. The van der Waals surface area contributed by atoms with Crippen molar-refractivity contribution >= 4 is 138 Å². The van der Waals surface area contributed by atoms with Crippen molar-refractivity contribution in [3.63, 3.8) is 0 Å². The van der Waals surface area contributed by atoms with Crippen LogP contribution in [0, 0.1) is 6.92 Å². The van der Waals surface area contributed by atoms with Gasteiger partial charge in [-0.2, -0.15) is 0 Å². The summed E-state index contributed by atoms with van der Waals surface area (Å²) in [5.41, 5.74) is 34.2. The molecular weight excluding hydrogens is 1310 g/mol. The predicted octanol–water partition coefficient (Wildman–Crippen LogP) is 22.8. The monoisotopic (exact) mass is 1370 g/mol. The van der Waals surface area contributed by atoms with Crippen LogP contribution in [0.3, 0.4) is 0 Å². The van der Waals surface area contributed by atoms with Gasteiger partial charge in [-0.25, -0.2) is 0 Å². The van der Waals surface area contributed by atoms with E-state index in [9.17, 15) is 0 Å². The van der Waals surface area contributed by atoms with E-state index in [1.807, 2.05) is 23.5 Å². The molecule has 492 valence electrons. The molecular formula is C97H66B2N4S2. The molecule has 16 aromatic rings. The maximum Gasteiger partial charge on any atom is 0.249 e. The van der Waals surface area contributed by atoms with Crippen LogP contribution in [0.1, 0.15) is 5.56 Å². The van der Waals surface area contributed by atoms with Gasteiger partial charge in [0.25, 0.3) is 0 Å². The number of hydrogen-bond donors (Lipinski definition) is 0. The molecule has 0 saturated heterocycles. The summed E-state index contributed by atoms with van der Waals surface area (Å²) in [5.74, 6) is 0. The van der Waals surface area contributed by atoms with Gasteiger partial charge in [-0.15, -0.1) is 0 Å². The Balaban J connectivity index is 0.826. The minimum atomic E-state index is -0.108. The van der Waals surface area contributed by atoms with E-state index >= 15 is 0 Å². The second kappa shape index (κ2) is 26.1. The third kappa shape index (κ3) is 10.9. The number of hydrogen-bond acceptors (Lipinski definition) is 6. The van der Waals surface area contributed by atoms with E-state index in [1.165, 1.54) is 136 Å².